The fraction of sp³-hybridized carbons (Fsp3) is 0.276. The van der Waals surface area contributed by atoms with E-state index in [-0.39, 0.29) is 16.9 Å². The maximum absolute atomic E-state index is 13.1. The zero-order valence-corrected chi connectivity index (χ0v) is 21.6. The Morgan fingerprint density at radius 2 is 1.54 bits per heavy atom. The number of amides is 2. The Labute approximate surface area is 222 Å². The van der Waals surface area contributed by atoms with Gasteiger partial charge >= 0.3 is 0 Å². The van der Waals surface area contributed by atoms with Crippen LogP contribution in [0.4, 0.5) is 5.69 Å². The Balaban J connectivity index is 1.30. The third-order valence-corrected chi connectivity index (χ3v) is 6.37. The summed E-state index contributed by atoms with van der Waals surface area (Å²) in [4.78, 5) is 27.8. The van der Waals surface area contributed by atoms with E-state index in [4.69, 9.17) is 21.7 Å². The number of carbonyl (C=O) groups excluding carboxylic acids is 2. The number of anilines is 1. The second-order valence-corrected chi connectivity index (χ2v) is 9.37. The molecule has 8 heteroatoms. The molecule has 1 heterocycles. The molecule has 2 amide bonds. The second-order valence-electron chi connectivity index (χ2n) is 8.97. The first kappa shape index (κ1) is 26.2. The smallest absolute Gasteiger partial charge is 0.257 e. The molecule has 0 bridgehead atoms. The van der Waals surface area contributed by atoms with Crippen molar-refractivity contribution in [2.24, 2.45) is 5.92 Å². The number of thiocarbonyl (C=S) groups is 1. The Hall–Kier alpha value is -3.91. The van der Waals surface area contributed by atoms with Gasteiger partial charge in [-0.3, -0.25) is 14.9 Å². The van der Waals surface area contributed by atoms with Crippen LogP contribution in [-0.2, 0) is 0 Å². The van der Waals surface area contributed by atoms with E-state index in [0.717, 1.165) is 31.7 Å². The van der Waals surface area contributed by atoms with Crippen molar-refractivity contribution in [2.45, 2.75) is 19.8 Å². The number of para-hydroxylation sites is 2. The number of piperidine rings is 1. The minimum Gasteiger partial charge on any atom is -0.490 e. The monoisotopic (exact) mass is 517 g/mol. The molecule has 192 valence electrons. The molecular formula is C29H31N3O4S. The first-order valence-electron chi connectivity index (χ1n) is 12.4. The standard InChI is InChI=1S/C29H31N3O4S/c1-21-14-16-32(17-15-21)28(34)25-12-5-6-13-26(25)30-29(37)31-27(33)22-8-7-11-24(20-22)36-19-18-35-23-9-3-2-4-10-23/h2-13,20-21H,14-19H2,1H3,(H2,30,31,33,37). The largest absolute Gasteiger partial charge is 0.490 e. The highest BCUT2D eigenvalue weighted by Gasteiger charge is 2.23. The van der Waals surface area contributed by atoms with Crippen LogP contribution in [0.3, 0.4) is 0 Å². The molecule has 0 spiro atoms. The molecule has 1 aliphatic rings. The summed E-state index contributed by atoms with van der Waals surface area (Å²) in [6, 6.07) is 23.5. The second kappa shape index (κ2) is 12.9. The number of hydrogen-bond donors (Lipinski definition) is 2. The van der Waals surface area contributed by atoms with Gasteiger partial charge in [0.05, 0.1) is 11.3 Å². The van der Waals surface area contributed by atoms with Crippen molar-refractivity contribution in [1.82, 2.24) is 10.2 Å². The molecule has 0 aromatic heterocycles. The average molecular weight is 518 g/mol. The van der Waals surface area contributed by atoms with Crippen LogP contribution < -0.4 is 20.1 Å². The molecule has 4 rings (SSSR count). The maximum Gasteiger partial charge on any atom is 0.257 e. The van der Waals surface area contributed by atoms with Gasteiger partial charge in [-0.2, -0.15) is 0 Å². The van der Waals surface area contributed by atoms with Gasteiger partial charge in [0, 0.05) is 18.7 Å². The minimum atomic E-state index is -0.377. The predicted octanol–water partition coefficient (Wildman–Crippen LogP) is 5.14. The van der Waals surface area contributed by atoms with Crippen LogP contribution in [0.1, 0.15) is 40.5 Å². The number of carbonyl (C=O) groups is 2. The van der Waals surface area contributed by atoms with Crippen LogP contribution in [-0.4, -0.2) is 48.1 Å². The highest BCUT2D eigenvalue weighted by Crippen LogP contribution is 2.22. The molecular weight excluding hydrogens is 486 g/mol. The molecule has 3 aromatic carbocycles. The van der Waals surface area contributed by atoms with Crippen molar-refractivity contribution in [1.29, 1.82) is 0 Å². The Kier molecular flexibility index (Phi) is 9.10. The Bertz CT molecular complexity index is 1230. The van der Waals surface area contributed by atoms with Crippen LogP contribution >= 0.6 is 12.2 Å². The minimum absolute atomic E-state index is 0.0368. The highest BCUT2D eigenvalue weighted by atomic mass is 32.1. The summed E-state index contributed by atoms with van der Waals surface area (Å²) in [6.07, 6.45) is 2.00. The summed E-state index contributed by atoms with van der Waals surface area (Å²) in [5.41, 5.74) is 1.49. The molecule has 2 N–H and O–H groups in total. The molecule has 7 nitrogen and oxygen atoms in total. The topological polar surface area (TPSA) is 79.9 Å². The van der Waals surface area contributed by atoms with Crippen molar-refractivity contribution in [3.8, 4) is 11.5 Å². The molecule has 1 saturated heterocycles. The van der Waals surface area contributed by atoms with Crippen LogP contribution in [0.5, 0.6) is 11.5 Å². The number of rotatable bonds is 8. The van der Waals surface area contributed by atoms with Gasteiger partial charge in [0.2, 0.25) is 0 Å². The summed E-state index contributed by atoms with van der Waals surface area (Å²) >= 11 is 5.38. The average Bonchev–Trinajstić information content (AvgIpc) is 2.92. The lowest BCUT2D eigenvalue weighted by molar-refractivity contribution is 0.0698. The molecule has 0 aliphatic carbocycles. The highest BCUT2D eigenvalue weighted by molar-refractivity contribution is 7.80. The maximum atomic E-state index is 13.1. The SMILES string of the molecule is CC1CCN(C(=O)c2ccccc2NC(=S)NC(=O)c2cccc(OCCOc3ccccc3)c2)CC1. The number of likely N-dealkylation sites (tertiary alicyclic amines) is 1. The predicted molar refractivity (Wildman–Crippen MR) is 148 cm³/mol. The molecule has 0 unspecified atom stereocenters. The third-order valence-electron chi connectivity index (χ3n) is 6.16. The number of nitrogens with zero attached hydrogens (tertiary/aromatic N) is 1. The van der Waals surface area contributed by atoms with Gasteiger partial charge in [0.15, 0.2) is 5.11 Å². The Morgan fingerprint density at radius 1 is 0.892 bits per heavy atom. The third kappa shape index (κ3) is 7.54. The van der Waals surface area contributed by atoms with Gasteiger partial charge in [-0.25, -0.2) is 0 Å². The van der Waals surface area contributed by atoms with E-state index in [1.54, 1.807) is 36.4 Å². The van der Waals surface area contributed by atoms with Crippen molar-refractivity contribution in [3.63, 3.8) is 0 Å². The number of ether oxygens (including phenoxy) is 2. The van der Waals surface area contributed by atoms with Crippen molar-refractivity contribution in [3.05, 3.63) is 90.0 Å². The van der Waals surface area contributed by atoms with Gasteiger partial charge in [-0.1, -0.05) is 43.3 Å². The lowest BCUT2D eigenvalue weighted by atomic mass is 9.98. The van der Waals surface area contributed by atoms with Crippen LogP contribution in [0.2, 0.25) is 0 Å². The molecule has 0 saturated carbocycles. The lowest BCUT2D eigenvalue weighted by Crippen LogP contribution is -2.39. The van der Waals surface area contributed by atoms with Gasteiger partial charge < -0.3 is 19.7 Å². The van der Waals surface area contributed by atoms with E-state index >= 15 is 0 Å². The molecule has 3 aromatic rings. The van der Waals surface area contributed by atoms with E-state index in [1.165, 1.54) is 0 Å². The summed E-state index contributed by atoms with van der Waals surface area (Å²) < 4.78 is 11.4. The fourth-order valence-electron chi connectivity index (χ4n) is 4.05. The van der Waals surface area contributed by atoms with Gasteiger partial charge in [0.1, 0.15) is 24.7 Å². The van der Waals surface area contributed by atoms with E-state index < -0.39 is 0 Å². The number of nitrogens with one attached hydrogen (secondary N) is 2. The first-order chi connectivity index (χ1) is 18.0. The number of hydrogen-bond acceptors (Lipinski definition) is 5. The molecule has 0 atom stereocenters. The van der Waals surface area contributed by atoms with E-state index in [0.29, 0.717) is 41.7 Å². The van der Waals surface area contributed by atoms with E-state index in [9.17, 15) is 9.59 Å². The van der Waals surface area contributed by atoms with E-state index in [2.05, 4.69) is 17.6 Å². The van der Waals surface area contributed by atoms with Crippen LogP contribution in [0, 0.1) is 5.92 Å². The van der Waals surface area contributed by atoms with Gasteiger partial charge in [-0.15, -0.1) is 0 Å². The molecule has 1 fully saturated rings. The fourth-order valence-corrected chi connectivity index (χ4v) is 4.26. The summed E-state index contributed by atoms with van der Waals surface area (Å²) in [5.74, 6) is 1.54. The molecule has 0 radical (unpaired) electrons. The van der Waals surface area contributed by atoms with Crippen molar-refractivity contribution < 1.29 is 19.1 Å². The number of benzene rings is 3. The van der Waals surface area contributed by atoms with Crippen molar-refractivity contribution >= 4 is 34.8 Å². The molecule has 37 heavy (non-hydrogen) atoms. The normalized spacial score (nSPS) is 13.5. The van der Waals surface area contributed by atoms with E-state index in [1.807, 2.05) is 47.4 Å². The zero-order chi connectivity index (χ0) is 26.0. The zero-order valence-electron chi connectivity index (χ0n) is 20.8. The molecule has 1 aliphatic heterocycles. The van der Waals surface area contributed by atoms with Crippen LogP contribution in [0.25, 0.3) is 0 Å². The van der Waals surface area contributed by atoms with Crippen molar-refractivity contribution in [2.75, 3.05) is 31.6 Å². The quantitative estimate of drug-likeness (QED) is 0.318. The lowest BCUT2D eigenvalue weighted by Gasteiger charge is -2.30. The summed E-state index contributed by atoms with van der Waals surface area (Å²) in [5, 5.41) is 5.82. The summed E-state index contributed by atoms with van der Waals surface area (Å²) in [6.45, 7) is 4.41. The van der Waals surface area contributed by atoms with Crippen LogP contribution in [0.15, 0.2) is 78.9 Å². The van der Waals surface area contributed by atoms with Gasteiger partial charge in [-0.05, 0) is 73.4 Å². The summed E-state index contributed by atoms with van der Waals surface area (Å²) in [7, 11) is 0. The Morgan fingerprint density at radius 3 is 2.30 bits per heavy atom. The first-order valence-corrected chi connectivity index (χ1v) is 12.8. The van der Waals surface area contributed by atoms with Gasteiger partial charge in [0.25, 0.3) is 11.8 Å².